The third kappa shape index (κ3) is 4.83. The maximum atomic E-state index is 12.6. The maximum Gasteiger partial charge on any atom is 0.270 e. The Bertz CT molecular complexity index is 1110. The van der Waals surface area contributed by atoms with E-state index in [1.54, 1.807) is 12.1 Å². The number of benzene rings is 2. The monoisotopic (exact) mass is 423 g/mol. The molecular formula is C20H17N5O6. The maximum absolute atomic E-state index is 12.6. The second-order valence-corrected chi connectivity index (χ2v) is 6.90. The summed E-state index contributed by atoms with van der Waals surface area (Å²) in [5, 5.41) is 25.5. The van der Waals surface area contributed by atoms with Crippen molar-refractivity contribution < 1.29 is 19.4 Å². The van der Waals surface area contributed by atoms with Crippen molar-refractivity contribution in [2.24, 2.45) is 15.5 Å². The number of nitrogens with one attached hydrogen (secondary N) is 1. The van der Waals surface area contributed by atoms with Crippen LogP contribution in [0.5, 0.6) is 0 Å². The molecule has 1 saturated carbocycles. The largest absolute Gasteiger partial charge is 0.272 e. The number of nitro groups is 2. The minimum atomic E-state index is -1.35. The van der Waals surface area contributed by atoms with E-state index in [9.17, 15) is 29.8 Å². The molecule has 0 aromatic heterocycles. The molecule has 11 heteroatoms. The van der Waals surface area contributed by atoms with Crippen LogP contribution in [-0.4, -0.2) is 34.1 Å². The first kappa shape index (κ1) is 21.4. The lowest BCUT2D eigenvalue weighted by Crippen LogP contribution is -2.49. The van der Waals surface area contributed by atoms with Gasteiger partial charge in [0.25, 0.3) is 23.2 Å². The zero-order valence-electron chi connectivity index (χ0n) is 16.1. The number of carbonyl (C=O) groups excluding carboxylic acids is 2. The van der Waals surface area contributed by atoms with E-state index in [0.717, 1.165) is 0 Å². The lowest BCUT2D eigenvalue weighted by Gasteiger charge is -2.36. The zero-order chi connectivity index (χ0) is 22.4. The van der Waals surface area contributed by atoms with Crippen molar-refractivity contribution in [3.63, 3.8) is 0 Å². The Morgan fingerprint density at radius 1 is 0.935 bits per heavy atom. The highest BCUT2D eigenvalue weighted by Gasteiger charge is 2.50. The molecular weight excluding hydrogens is 406 g/mol. The number of non-ortho nitro benzene ring substituents is 2. The van der Waals surface area contributed by atoms with Crippen LogP contribution in [0.1, 0.15) is 30.4 Å². The van der Waals surface area contributed by atoms with Crippen LogP contribution >= 0.6 is 0 Å². The second kappa shape index (κ2) is 9.03. The van der Waals surface area contributed by atoms with Gasteiger partial charge in [0.1, 0.15) is 5.41 Å². The first-order valence-corrected chi connectivity index (χ1v) is 9.23. The Morgan fingerprint density at radius 3 is 1.97 bits per heavy atom. The molecule has 158 valence electrons. The number of carbonyl (C=O) groups is 2. The quantitative estimate of drug-likeness (QED) is 0.312. The van der Waals surface area contributed by atoms with Gasteiger partial charge >= 0.3 is 0 Å². The summed E-state index contributed by atoms with van der Waals surface area (Å²) in [6.07, 6.45) is 3.70. The van der Waals surface area contributed by atoms with E-state index in [1.807, 2.05) is 0 Å². The normalized spacial score (nSPS) is 14.8. The fraction of sp³-hybridized carbons (Fsp3) is 0.200. The van der Waals surface area contributed by atoms with E-state index in [-0.39, 0.29) is 11.4 Å². The van der Waals surface area contributed by atoms with Crippen LogP contribution in [0.3, 0.4) is 0 Å². The van der Waals surface area contributed by atoms with Crippen molar-refractivity contribution >= 4 is 35.6 Å². The highest BCUT2D eigenvalue weighted by molar-refractivity contribution is 6.09. The lowest BCUT2D eigenvalue weighted by atomic mass is 9.67. The van der Waals surface area contributed by atoms with Gasteiger partial charge in [0.2, 0.25) is 0 Å². The number of amides is 2. The van der Waals surface area contributed by atoms with E-state index >= 15 is 0 Å². The van der Waals surface area contributed by atoms with Gasteiger partial charge in [-0.3, -0.25) is 29.8 Å². The Labute approximate surface area is 175 Å². The first-order chi connectivity index (χ1) is 14.8. The fourth-order valence-corrected chi connectivity index (χ4v) is 3.03. The summed E-state index contributed by atoms with van der Waals surface area (Å²) in [6.45, 7) is 0. The van der Waals surface area contributed by atoms with Crippen molar-refractivity contribution in [1.29, 1.82) is 0 Å². The summed E-state index contributed by atoms with van der Waals surface area (Å²) in [7, 11) is 0. The molecule has 0 spiro atoms. The molecule has 31 heavy (non-hydrogen) atoms. The van der Waals surface area contributed by atoms with Crippen LogP contribution < -0.4 is 5.43 Å². The third-order valence-electron chi connectivity index (χ3n) is 4.92. The van der Waals surface area contributed by atoms with E-state index in [4.69, 9.17) is 0 Å². The van der Waals surface area contributed by atoms with Crippen LogP contribution in [0.25, 0.3) is 0 Å². The van der Waals surface area contributed by atoms with Crippen LogP contribution in [0, 0.1) is 25.6 Å². The smallest absolute Gasteiger partial charge is 0.270 e. The molecule has 0 radical (unpaired) electrons. The standard InChI is InChI=1S/C20H17N5O6/c26-18(21-12-14-4-1-6-16(10-14)24(28)29)20(8-3-9-20)19(27)23-22-13-15-5-2-7-17(11-15)25(30)31/h1-2,4-7,10-13H,3,8-9H2,(H,23,27)/b21-12?,22-13-. The Balaban J connectivity index is 1.68. The van der Waals surface area contributed by atoms with Gasteiger partial charge < -0.3 is 0 Å². The molecule has 2 amide bonds. The average molecular weight is 423 g/mol. The predicted octanol–water partition coefficient (Wildman–Crippen LogP) is 2.77. The highest BCUT2D eigenvalue weighted by Crippen LogP contribution is 2.42. The molecule has 1 N–H and O–H groups in total. The fourth-order valence-electron chi connectivity index (χ4n) is 3.03. The topological polar surface area (TPSA) is 157 Å². The van der Waals surface area contributed by atoms with Crippen LogP contribution in [0.2, 0.25) is 0 Å². The molecule has 0 unspecified atom stereocenters. The number of hydrogen-bond acceptors (Lipinski definition) is 7. The summed E-state index contributed by atoms with van der Waals surface area (Å²) in [5.41, 5.74) is 1.47. The molecule has 0 aliphatic heterocycles. The minimum Gasteiger partial charge on any atom is -0.272 e. The van der Waals surface area contributed by atoms with E-state index in [2.05, 4.69) is 15.5 Å². The number of hydrazone groups is 1. The summed E-state index contributed by atoms with van der Waals surface area (Å²) >= 11 is 0. The van der Waals surface area contributed by atoms with E-state index < -0.39 is 27.1 Å². The molecule has 1 aliphatic carbocycles. The van der Waals surface area contributed by atoms with Crippen molar-refractivity contribution in [3.05, 3.63) is 79.9 Å². The molecule has 1 aliphatic rings. The predicted molar refractivity (Wildman–Crippen MR) is 111 cm³/mol. The molecule has 1 fully saturated rings. The number of hydrogen-bond donors (Lipinski definition) is 1. The number of aliphatic imine (C=N–C) groups is 1. The van der Waals surface area contributed by atoms with Crippen molar-refractivity contribution in [3.8, 4) is 0 Å². The molecule has 2 aromatic rings. The number of nitrogens with zero attached hydrogens (tertiary/aromatic N) is 4. The second-order valence-electron chi connectivity index (χ2n) is 6.90. The molecule has 2 aromatic carbocycles. The highest BCUT2D eigenvalue weighted by atomic mass is 16.6. The summed E-state index contributed by atoms with van der Waals surface area (Å²) < 4.78 is 0. The van der Waals surface area contributed by atoms with Gasteiger partial charge in [-0.05, 0) is 18.4 Å². The molecule has 3 rings (SSSR count). The van der Waals surface area contributed by atoms with Crippen molar-refractivity contribution in [1.82, 2.24) is 5.43 Å². The van der Waals surface area contributed by atoms with Crippen LogP contribution in [0.15, 0.2) is 58.6 Å². The van der Waals surface area contributed by atoms with Gasteiger partial charge in [0.15, 0.2) is 0 Å². The Kier molecular flexibility index (Phi) is 6.24. The number of rotatable bonds is 7. The summed E-state index contributed by atoms with van der Waals surface area (Å²) in [6, 6.07) is 11.3. The minimum absolute atomic E-state index is 0.114. The molecule has 0 saturated heterocycles. The third-order valence-corrected chi connectivity index (χ3v) is 4.92. The summed E-state index contributed by atoms with van der Waals surface area (Å²) in [5.74, 6) is -1.28. The average Bonchev–Trinajstić information content (AvgIpc) is 2.72. The van der Waals surface area contributed by atoms with Gasteiger partial charge in [-0.15, -0.1) is 0 Å². The van der Waals surface area contributed by atoms with Gasteiger partial charge in [0.05, 0.1) is 16.1 Å². The molecule has 0 atom stereocenters. The molecule has 0 bridgehead atoms. The molecule has 11 nitrogen and oxygen atoms in total. The van der Waals surface area contributed by atoms with Gasteiger partial charge in [-0.1, -0.05) is 30.7 Å². The van der Waals surface area contributed by atoms with E-state index in [0.29, 0.717) is 30.4 Å². The van der Waals surface area contributed by atoms with Crippen molar-refractivity contribution in [2.45, 2.75) is 19.3 Å². The van der Waals surface area contributed by atoms with Crippen molar-refractivity contribution in [2.75, 3.05) is 0 Å². The van der Waals surface area contributed by atoms with E-state index in [1.165, 1.54) is 48.8 Å². The van der Waals surface area contributed by atoms with Gasteiger partial charge in [-0.2, -0.15) is 5.10 Å². The lowest BCUT2D eigenvalue weighted by molar-refractivity contribution is -0.385. The SMILES string of the molecule is O=C(N=Cc1cccc([N+](=O)[O-])c1)C1(C(=O)N/N=C\c2cccc([N+](=O)[O-])c2)CCC1. The first-order valence-electron chi connectivity index (χ1n) is 9.23. The molecule has 0 heterocycles. The Morgan fingerprint density at radius 2 is 1.48 bits per heavy atom. The zero-order valence-corrected chi connectivity index (χ0v) is 16.1. The van der Waals surface area contributed by atoms with Gasteiger partial charge in [-0.25, -0.2) is 10.4 Å². The Hall–Kier alpha value is -4.28. The number of nitro benzene ring substituents is 2. The van der Waals surface area contributed by atoms with Crippen LogP contribution in [-0.2, 0) is 9.59 Å². The van der Waals surface area contributed by atoms with Gasteiger partial charge in [0, 0.05) is 36.0 Å². The summed E-state index contributed by atoms with van der Waals surface area (Å²) in [4.78, 5) is 49.6. The van der Waals surface area contributed by atoms with Crippen LogP contribution in [0.4, 0.5) is 11.4 Å².